The molecule has 2 aromatic heterocycles. The minimum Gasteiger partial charge on any atom is -0.467 e. The first-order valence-corrected chi connectivity index (χ1v) is 8.81. The Morgan fingerprint density at radius 2 is 2.17 bits per heavy atom. The van der Waals surface area contributed by atoms with Gasteiger partial charge in [-0.1, -0.05) is 12.1 Å². The van der Waals surface area contributed by atoms with Crippen LogP contribution in [0.2, 0.25) is 0 Å². The zero-order chi connectivity index (χ0) is 16.9. The van der Waals surface area contributed by atoms with Crippen molar-refractivity contribution in [3.8, 4) is 0 Å². The summed E-state index contributed by atoms with van der Waals surface area (Å²) in [6.45, 7) is 2.63. The number of hydrogen-bond donors (Lipinski definition) is 1. The number of thiocarbonyl (C=S) groups is 1. The van der Waals surface area contributed by atoms with Crippen molar-refractivity contribution in [3.63, 3.8) is 0 Å². The maximum atomic E-state index is 13.4. The topological polar surface area (TPSA) is 28.4 Å². The lowest BCUT2D eigenvalue weighted by Crippen LogP contribution is -2.36. The number of thiophene rings is 1. The highest BCUT2D eigenvalue weighted by molar-refractivity contribution is 7.80. The van der Waals surface area contributed by atoms with E-state index < -0.39 is 0 Å². The van der Waals surface area contributed by atoms with Crippen LogP contribution in [0.3, 0.4) is 0 Å². The average Bonchev–Trinajstić information content (AvgIpc) is 3.25. The van der Waals surface area contributed by atoms with Crippen molar-refractivity contribution in [1.29, 1.82) is 0 Å². The quantitative estimate of drug-likeness (QED) is 0.613. The Morgan fingerprint density at radius 1 is 1.29 bits per heavy atom. The Morgan fingerprint density at radius 3 is 2.83 bits per heavy atom. The van der Waals surface area contributed by atoms with Gasteiger partial charge in [0.25, 0.3) is 0 Å². The molecule has 2 heterocycles. The highest BCUT2D eigenvalue weighted by Gasteiger charge is 2.21. The average molecular weight is 360 g/mol. The number of anilines is 1. The van der Waals surface area contributed by atoms with Gasteiger partial charge in [0.05, 0.1) is 18.8 Å². The summed E-state index contributed by atoms with van der Waals surface area (Å²) in [6, 6.07) is 14.2. The molecule has 0 radical (unpaired) electrons. The lowest BCUT2D eigenvalue weighted by Gasteiger charge is -2.30. The summed E-state index contributed by atoms with van der Waals surface area (Å²) in [5.74, 6) is 0.522. The standard InChI is InChI=1S/C18H17FN2OS2/c1-13(17-8-4-10-24-17)21(12-16-7-3-9-22-16)18(23)20-15-6-2-5-14(19)11-15/h2-11,13H,12H2,1H3,(H,20,23)/t13-/m0/s1. The Bertz CT molecular complexity index is 787. The first-order valence-electron chi connectivity index (χ1n) is 7.52. The molecule has 3 nitrogen and oxygen atoms in total. The van der Waals surface area contributed by atoms with E-state index in [-0.39, 0.29) is 11.9 Å². The zero-order valence-corrected chi connectivity index (χ0v) is 14.7. The number of halogens is 1. The first-order chi connectivity index (χ1) is 11.6. The number of benzene rings is 1. The molecule has 1 atom stereocenters. The molecule has 3 rings (SSSR count). The number of nitrogens with one attached hydrogen (secondary N) is 1. The van der Waals surface area contributed by atoms with E-state index in [1.165, 1.54) is 17.0 Å². The van der Waals surface area contributed by atoms with Crippen LogP contribution in [-0.2, 0) is 6.54 Å². The molecule has 0 saturated heterocycles. The van der Waals surface area contributed by atoms with E-state index >= 15 is 0 Å². The van der Waals surface area contributed by atoms with Crippen molar-refractivity contribution < 1.29 is 8.81 Å². The molecular weight excluding hydrogens is 343 g/mol. The summed E-state index contributed by atoms with van der Waals surface area (Å²) in [5, 5.41) is 5.69. The molecule has 1 N–H and O–H groups in total. The van der Waals surface area contributed by atoms with E-state index in [4.69, 9.17) is 16.6 Å². The second-order valence-electron chi connectivity index (χ2n) is 5.34. The molecule has 124 valence electrons. The fourth-order valence-electron chi connectivity index (χ4n) is 2.40. The summed E-state index contributed by atoms with van der Waals surface area (Å²) in [6.07, 6.45) is 1.65. The van der Waals surface area contributed by atoms with Gasteiger partial charge in [0, 0.05) is 10.6 Å². The van der Waals surface area contributed by atoms with Crippen LogP contribution in [0.15, 0.2) is 64.6 Å². The van der Waals surface area contributed by atoms with Crippen LogP contribution in [0, 0.1) is 5.82 Å². The van der Waals surface area contributed by atoms with Crippen molar-refractivity contribution in [3.05, 3.63) is 76.6 Å². The molecule has 24 heavy (non-hydrogen) atoms. The molecular formula is C18H17FN2OS2. The summed E-state index contributed by atoms with van der Waals surface area (Å²) in [7, 11) is 0. The van der Waals surface area contributed by atoms with Gasteiger partial charge in [-0.15, -0.1) is 11.3 Å². The van der Waals surface area contributed by atoms with Crippen LogP contribution < -0.4 is 5.32 Å². The summed E-state index contributed by atoms with van der Waals surface area (Å²) in [4.78, 5) is 3.23. The minimum atomic E-state index is -0.299. The third-order valence-electron chi connectivity index (χ3n) is 3.67. The third kappa shape index (κ3) is 4.01. The summed E-state index contributed by atoms with van der Waals surface area (Å²) in [5.41, 5.74) is 0.628. The molecule has 3 aromatic rings. The van der Waals surface area contributed by atoms with Gasteiger partial charge in [-0.05, 0) is 60.9 Å². The maximum absolute atomic E-state index is 13.4. The fraction of sp³-hybridized carbons (Fsp3) is 0.167. The van der Waals surface area contributed by atoms with E-state index in [2.05, 4.69) is 18.3 Å². The predicted octanol–water partition coefficient (Wildman–Crippen LogP) is 5.44. The summed E-state index contributed by atoms with van der Waals surface area (Å²) < 4.78 is 18.9. The van der Waals surface area contributed by atoms with Gasteiger partial charge in [0.1, 0.15) is 11.6 Å². The molecule has 0 amide bonds. The molecule has 0 saturated carbocycles. The van der Waals surface area contributed by atoms with E-state index in [1.54, 1.807) is 29.7 Å². The number of rotatable bonds is 5. The second-order valence-corrected chi connectivity index (χ2v) is 6.71. The smallest absolute Gasteiger partial charge is 0.174 e. The number of hydrogen-bond acceptors (Lipinski definition) is 3. The Hall–Kier alpha value is -2.18. The molecule has 0 unspecified atom stereocenters. The largest absolute Gasteiger partial charge is 0.467 e. The van der Waals surface area contributed by atoms with E-state index in [9.17, 15) is 4.39 Å². The molecule has 0 aliphatic heterocycles. The molecule has 0 spiro atoms. The molecule has 0 aliphatic carbocycles. The van der Waals surface area contributed by atoms with Crippen molar-refractivity contribution in [2.75, 3.05) is 5.32 Å². The molecule has 0 bridgehead atoms. The lowest BCUT2D eigenvalue weighted by atomic mass is 10.2. The van der Waals surface area contributed by atoms with Gasteiger partial charge in [-0.25, -0.2) is 4.39 Å². The van der Waals surface area contributed by atoms with Crippen LogP contribution in [0.1, 0.15) is 23.6 Å². The van der Waals surface area contributed by atoms with Crippen LogP contribution >= 0.6 is 23.6 Å². The molecule has 0 aliphatic rings. The van der Waals surface area contributed by atoms with Gasteiger partial charge in [-0.2, -0.15) is 0 Å². The Labute approximate surface area is 149 Å². The van der Waals surface area contributed by atoms with E-state index in [0.29, 0.717) is 17.3 Å². The Balaban J connectivity index is 1.81. The molecule has 1 aromatic carbocycles. The van der Waals surface area contributed by atoms with Crippen molar-refractivity contribution in [1.82, 2.24) is 4.90 Å². The van der Waals surface area contributed by atoms with E-state index in [1.807, 2.05) is 28.5 Å². The van der Waals surface area contributed by atoms with Crippen molar-refractivity contribution in [2.24, 2.45) is 0 Å². The van der Waals surface area contributed by atoms with Gasteiger partial charge in [0.15, 0.2) is 5.11 Å². The van der Waals surface area contributed by atoms with Crippen LogP contribution in [-0.4, -0.2) is 10.0 Å². The van der Waals surface area contributed by atoms with E-state index in [0.717, 1.165) is 5.76 Å². The maximum Gasteiger partial charge on any atom is 0.174 e. The van der Waals surface area contributed by atoms with Crippen LogP contribution in [0.4, 0.5) is 10.1 Å². The lowest BCUT2D eigenvalue weighted by molar-refractivity contribution is 0.306. The van der Waals surface area contributed by atoms with Gasteiger partial charge >= 0.3 is 0 Å². The van der Waals surface area contributed by atoms with Gasteiger partial charge < -0.3 is 14.6 Å². The number of nitrogens with zero attached hydrogens (tertiary/aromatic N) is 1. The summed E-state index contributed by atoms with van der Waals surface area (Å²) >= 11 is 7.26. The SMILES string of the molecule is C[C@@H](c1cccs1)N(Cc1ccco1)C(=S)Nc1cccc(F)c1. The molecule has 0 fully saturated rings. The Kier molecular flexibility index (Phi) is 5.27. The normalized spacial score (nSPS) is 11.9. The van der Waals surface area contributed by atoms with Gasteiger partial charge in [-0.3, -0.25) is 0 Å². The second kappa shape index (κ2) is 7.59. The highest BCUT2D eigenvalue weighted by Crippen LogP contribution is 2.27. The predicted molar refractivity (Wildman–Crippen MR) is 99.6 cm³/mol. The highest BCUT2D eigenvalue weighted by atomic mass is 32.1. The number of furan rings is 1. The minimum absolute atomic E-state index is 0.0728. The van der Waals surface area contributed by atoms with Crippen LogP contribution in [0.5, 0.6) is 0 Å². The monoisotopic (exact) mass is 360 g/mol. The van der Waals surface area contributed by atoms with Crippen molar-refractivity contribution in [2.45, 2.75) is 19.5 Å². The van der Waals surface area contributed by atoms with Crippen molar-refractivity contribution >= 4 is 34.4 Å². The fourth-order valence-corrected chi connectivity index (χ4v) is 3.54. The van der Waals surface area contributed by atoms with Crippen LogP contribution in [0.25, 0.3) is 0 Å². The third-order valence-corrected chi connectivity index (χ3v) is 5.04. The first kappa shape index (κ1) is 16.7. The molecule has 6 heteroatoms. The zero-order valence-electron chi connectivity index (χ0n) is 13.1. The van der Waals surface area contributed by atoms with Gasteiger partial charge in [0.2, 0.25) is 0 Å².